The fraction of sp³-hybridized carbons (Fsp3) is 0.278. The predicted octanol–water partition coefficient (Wildman–Crippen LogP) is 3.74. The molecule has 126 valence electrons. The van der Waals surface area contributed by atoms with Crippen molar-refractivity contribution in [3.63, 3.8) is 0 Å². The molecule has 0 aromatic heterocycles. The van der Waals surface area contributed by atoms with Crippen LogP contribution in [0.1, 0.15) is 0 Å². The summed E-state index contributed by atoms with van der Waals surface area (Å²) in [4.78, 5) is 16.7. The maximum atomic E-state index is 12.1. The number of amides is 2. The highest BCUT2D eigenvalue weighted by atomic mass is 35.5. The zero-order valence-corrected chi connectivity index (χ0v) is 14.4. The van der Waals surface area contributed by atoms with E-state index in [0.717, 1.165) is 31.9 Å². The third kappa shape index (κ3) is 4.19. The van der Waals surface area contributed by atoms with Crippen molar-refractivity contribution >= 4 is 34.7 Å². The van der Waals surface area contributed by atoms with E-state index in [0.29, 0.717) is 10.7 Å². The average Bonchev–Trinajstić information content (AvgIpc) is 2.58. The molecule has 0 bridgehead atoms. The molecule has 2 amide bonds. The first-order valence-electron chi connectivity index (χ1n) is 7.98. The number of carbonyl (C=O) groups is 1. The van der Waals surface area contributed by atoms with E-state index < -0.39 is 0 Å². The Labute approximate surface area is 147 Å². The number of likely N-dealkylation sites (N-methyl/N-ethyl adjacent to an activating group) is 1. The highest BCUT2D eigenvalue weighted by Gasteiger charge is 2.14. The molecule has 0 spiro atoms. The van der Waals surface area contributed by atoms with Crippen molar-refractivity contribution in [1.82, 2.24) is 4.90 Å². The van der Waals surface area contributed by atoms with Crippen molar-refractivity contribution in [3.8, 4) is 0 Å². The molecule has 24 heavy (non-hydrogen) atoms. The van der Waals surface area contributed by atoms with Crippen LogP contribution in [0.15, 0.2) is 48.5 Å². The largest absolute Gasteiger partial charge is 0.369 e. The highest BCUT2D eigenvalue weighted by Crippen LogP contribution is 2.22. The van der Waals surface area contributed by atoms with Gasteiger partial charge in [0, 0.05) is 37.6 Å². The number of halogens is 1. The van der Waals surface area contributed by atoms with E-state index in [1.807, 2.05) is 36.4 Å². The Balaban J connectivity index is 1.58. The summed E-state index contributed by atoms with van der Waals surface area (Å²) >= 11 is 6.04. The molecule has 2 N–H and O–H groups in total. The van der Waals surface area contributed by atoms with Gasteiger partial charge in [-0.15, -0.1) is 0 Å². The lowest BCUT2D eigenvalue weighted by Crippen LogP contribution is -2.44. The van der Waals surface area contributed by atoms with Gasteiger partial charge in [-0.3, -0.25) is 0 Å². The van der Waals surface area contributed by atoms with Crippen LogP contribution in [0.2, 0.25) is 5.02 Å². The molecule has 2 aromatic rings. The summed E-state index contributed by atoms with van der Waals surface area (Å²) in [5.41, 5.74) is 2.52. The molecule has 0 aliphatic carbocycles. The van der Waals surface area contributed by atoms with Gasteiger partial charge in [-0.2, -0.15) is 0 Å². The maximum absolute atomic E-state index is 12.1. The van der Waals surface area contributed by atoms with Crippen LogP contribution < -0.4 is 15.5 Å². The lowest BCUT2D eigenvalue weighted by molar-refractivity contribution is 0.262. The molecule has 1 saturated heterocycles. The maximum Gasteiger partial charge on any atom is 0.323 e. The number of nitrogens with one attached hydrogen (secondary N) is 2. The summed E-state index contributed by atoms with van der Waals surface area (Å²) in [5, 5.41) is 6.08. The zero-order chi connectivity index (χ0) is 16.9. The van der Waals surface area contributed by atoms with Gasteiger partial charge in [-0.25, -0.2) is 4.79 Å². The summed E-state index contributed by atoms with van der Waals surface area (Å²) in [6, 6.07) is 14.7. The molecule has 1 heterocycles. The van der Waals surface area contributed by atoms with Gasteiger partial charge in [0.2, 0.25) is 0 Å². The molecule has 1 aliphatic heterocycles. The van der Waals surface area contributed by atoms with Crippen LogP contribution in [0.4, 0.5) is 21.9 Å². The number of piperazine rings is 1. The molecule has 1 aliphatic rings. The molecule has 0 atom stereocenters. The molecule has 1 fully saturated rings. The third-order valence-corrected chi connectivity index (χ3v) is 4.45. The van der Waals surface area contributed by atoms with Gasteiger partial charge in [0.15, 0.2) is 0 Å². The first kappa shape index (κ1) is 16.6. The van der Waals surface area contributed by atoms with Crippen LogP contribution in [-0.4, -0.2) is 44.2 Å². The van der Waals surface area contributed by atoms with Crippen LogP contribution in [0.5, 0.6) is 0 Å². The summed E-state index contributed by atoms with van der Waals surface area (Å²) in [6.07, 6.45) is 0. The minimum absolute atomic E-state index is 0.310. The number of rotatable bonds is 3. The Morgan fingerprint density at radius 1 is 0.958 bits per heavy atom. The fourth-order valence-electron chi connectivity index (χ4n) is 2.67. The monoisotopic (exact) mass is 344 g/mol. The van der Waals surface area contributed by atoms with Gasteiger partial charge in [-0.1, -0.05) is 23.7 Å². The lowest BCUT2D eigenvalue weighted by atomic mass is 10.2. The minimum atomic E-state index is -0.310. The number of carbonyl (C=O) groups excluding carboxylic acids is 1. The highest BCUT2D eigenvalue weighted by molar-refractivity contribution is 6.33. The molecule has 5 nitrogen and oxygen atoms in total. The molecule has 3 rings (SSSR count). The minimum Gasteiger partial charge on any atom is -0.369 e. The second kappa shape index (κ2) is 7.55. The van der Waals surface area contributed by atoms with Crippen LogP contribution in [0.3, 0.4) is 0 Å². The summed E-state index contributed by atoms with van der Waals surface area (Å²) in [7, 11) is 2.14. The Bertz CT molecular complexity index is 696. The Kier molecular flexibility index (Phi) is 5.23. The molecule has 2 aromatic carbocycles. The van der Waals surface area contributed by atoms with E-state index in [9.17, 15) is 4.79 Å². The molecular weight excluding hydrogens is 324 g/mol. The topological polar surface area (TPSA) is 47.6 Å². The van der Waals surface area contributed by atoms with E-state index in [4.69, 9.17) is 11.6 Å². The smallest absolute Gasteiger partial charge is 0.323 e. The quantitative estimate of drug-likeness (QED) is 0.891. The van der Waals surface area contributed by atoms with Crippen molar-refractivity contribution in [2.45, 2.75) is 0 Å². The first-order valence-corrected chi connectivity index (χ1v) is 8.36. The Morgan fingerprint density at radius 2 is 1.62 bits per heavy atom. The molecular formula is C18H21ClN4O. The van der Waals surface area contributed by atoms with Gasteiger partial charge in [0.05, 0.1) is 10.7 Å². The van der Waals surface area contributed by atoms with E-state index in [1.54, 1.807) is 12.1 Å². The second-order valence-corrected chi connectivity index (χ2v) is 6.30. The Morgan fingerprint density at radius 3 is 2.29 bits per heavy atom. The van der Waals surface area contributed by atoms with Gasteiger partial charge < -0.3 is 20.4 Å². The average molecular weight is 345 g/mol. The number of benzene rings is 2. The second-order valence-electron chi connectivity index (χ2n) is 5.90. The standard InChI is InChI=1S/C18H21ClN4O/c1-22-10-12-23(13-11-22)15-8-6-14(7-9-15)20-18(24)21-17-5-3-2-4-16(17)19/h2-9H,10-13H2,1H3,(H2,20,21,24). The van der Waals surface area contributed by atoms with Crippen LogP contribution in [0, 0.1) is 0 Å². The number of anilines is 3. The normalized spacial score (nSPS) is 15.2. The first-order chi connectivity index (χ1) is 11.6. The van der Waals surface area contributed by atoms with E-state index in [2.05, 4.69) is 27.5 Å². The van der Waals surface area contributed by atoms with Crippen molar-refractivity contribution in [3.05, 3.63) is 53.6 Å². The number of urea groups is 1. The van der Waals surface area contributed by atoms with Crippen LogP contribution in [-0.2, 0) is 0 Å². The molecule has 0 radical (unpaired) electrons. The van der Waals surface area contributed by atoms with Gasteiger partial charge in [0.1, 0.15) is 0 Å². The van der Waals surface area contributed by atoms with Crippen molar-refractivity contribution in [1.29, 1.82) is 0 Å². The van der Waals surface area contributed by atoms with Gasteiger partial charge >= 0.3 is 6.03 Å². The third-order valence-electron chi connectivity index (χ3n) is 4.12. The zero-order valence-electron chi connectivity index (χ0n) is 13.6. The van der Waals surface area contributed by atoms with Crippen molar-refractivity contribution in [2.24, 2.45) is 0 Å². The number of hydrogen-bond donors (Lipinski definition) is 2. The molecule has 0 saturated carbocycles. The number of nitrogens with zero attached hydrogens (tertiary/aromatic N) is 2. The summed E-state index contributed by atoms with van der Waals surface area (Å²) < 4.78 is 0. The SMILES string of the molecule is CN1CCN(c2ccc(NC(=O)Nc3ccccc3Cl)cc2)CC1. The fourth-order valence-corrected chi connectivity index (χ4v) is 2.85. The molecule has 0 unspecified atom stereocenters. The molecule has 6 heteroatoms. The lowest BCUT2D eigenvalue weighted by Gasteiger charge is -2.34. The Hall–Kier alpha value is -2.24. The summed E-state index contributed by atoms with van der Waals surface area (Å²) in [6.45, 7) is 4.19. The van der Waals surface area contributed by atoms with Crippen molar-refractivity contribution in [2.75, 3.05) is 48.8 Å². The van der Waals surface area contributed by atoms with E-state index >= 15 is 0 Å². The van der Waals surface area contributed by atoms with E-state index in [1.165, 1.54) is 5.69 Å². The van der Waals surface area contributed by atoms with Crippen LogP contribution >= 0.6 is 11.6 Å². The van der Waals surface area contributed by atoms with Gasteiger partial charge in [0.25, 0.3) is 0 Å². The summed E-state index contributed by atoms with van der Waals surface area (Å²) in [5.74, 6) is 0. The number of hydrogen-bond acceptors (Lipinski definition) is 3. The van der Waals surface area contributed by atoms with Gasteiger partial charge in [-0.05, 0) is 43.4 Å². The number of para-hydroxylation sites is 1. The van der Waals surface area contributed by atoms with E-state index in [-0.39, 0.29) is 6.03 Å². The predicted molar refractivity (Wildman–Crippen MR) is 100 cm³/mol. The van der Waals surface area contributed by atoms with Crippen molar-refractivity contribution < 1.29 is 4.79 Å². The van der Waals surface area contributed by atoms with Crippen LogP contribution in [0.25, 0.3) is 0 Å².